The number of aromatic nitrogens is 2. The van der Waals surface area contributed by atoms with Gasteiger partial charge < -0.3 is 16.2 Å². The Kier molecular flexibility index (Phi) is 8.11. The summed E-state index contributed by atoms with van der Waals surface area (Å²) in [6.45, 7) is 2.08. The van der Waals surface area contributed by atoms with Crippen molar-refractivity contribution in [2.75, 3.05) is 23.1 Å². The molecule has 1 heterocycles. The molecule has 2 aliphatic rings. The van der Waals surface area contributed by atoms with Crippen LogP contribution in [0.25, 0.3) is 0 Å². The van der Waals surface area contributed by atoms with Crippen LogP contribution in [0.4, 0.5) is 15.9 Å². The molecule has 2 aromatic rings. The molecular weight excluding hydrogens is 451 g/mol. The Labute approximate surface area is 198 Å². The fourth-order valence-electron chi connectivity index (χ4n) is 5.20. The van der Waals surface area contributed by atoms with Crippen molar-refractivity contribution in [3.8, 4) is 0 Å². The molecule has 32 heavy (non-hydrogen) atoms. The van der Waals surface area contributed by atoms with Crippen molar-refractivity contribution in [2.45, 2.75) is 50.5 Å². The second kappa shape index (κ2) is 10.4. The fraction of sp³-hybridized carbons (Fsp3) is 0.565. The molecule has 4 N–H and O–H groups in total. The summed E-state index contributed by atoms with van der Waals surface area (Å²) in [5, 5.41) is 17.7. The first-order valence-corrected chi connectivity index (χ1v) is 12.6. The second-order valence-electron chi connectivity index (χ2n) is 8.97. The van der Waals surface area contributed by atoms with Gasteiger partial charge in [-0.2, -0.15) is 16.9 Å². The molecule has 2 saturated carbocycles. The maximum absolute atomic E-state index is 12.5. The van der Waals surface area contributed by atoms with Crippen LogP contribution >= 0.6 is 23.4 Å². The highest BCUT2D eigenvalue weighted by atomic mass is 35.5. The van der Waals surface area contributed by atoms with Crippen molar-refractivity contribution in [1.29, 1.82) is 0 Å². The van der Waals surface area contributed by atoms with Gasteiger partial charge in [-0.15, -0.1) is 0 Å². The van der Waals surface area contributed by atoms with E-state index in [0.29, 0.717) is 29.9 Å². The predicted molar refractivity (Wildman–Crippen MR) is 130 cm³/mol. The maximum atomic E-state index is 12.5. The number of nitrogens with one attached hydrogen (secondary N) is 1. The van der Waals surface area contributed by atoms with Crippen LogP contribution < -0.4 is 11.1 Å². The van der Waals surface area contributed by atoms with Crippen LogP contribution in [0, 0.1) is 24.6 Å². The van der Waals surface area contributed by atoms with Crippen LogP contribution in [0.5, 0.6) is 0 Å². The van der Waals surface area contributed by atoms with Gasteiger partial charge in [0.05, 0.1) is 16.3 Å². The van der Waals surface area contributed by atoms with Crippen molar-refractivity contribution in [1.82, 2.24) is 9.78 Å². The van der Waals surface area contributed by atoms with Crippen molar-refractivity contribution >= 4 is 41.3 Å². The molecule has 1 aromatic carbocycles. The lowest BCUT2D eigenvalue weighted by molar-refractivity contribution is -0.105. The summed E-state index contributed by atoms with van der Waals surface area (Å²) in [5.41, 5.74) is 8.46. The first-order valence-electron chi connectivity index (χ1n) is 10.8. The number of nitrogens with zero attached hydrogens (tertiary/aromatic N) is 2. The minimum Gasteiger partial charge on any atom is -0.390 e. The summed E-state index contributed by atoms with van der Waals surface area (Å²) in [4.78, 5) is 9.92. The number of carbonyl (C=O) groups excluding carboxylic acids is 1. The number of anilines is 2. The molecule has 176 valence electrons. The zero-order valence-corrected chi connectivity index (χ0v) is 20.3. The van der Waals surface area contributed by atoms with Crippen molar-refractivity contribution < 1.29 is 14.3 Å². The summed E-state index contributed by atoms with van der Waals surface area (Å²) in [6.07, 6.45) is 7.87. The van der Waals surface area contributed by atoms with E-state index in [1.165, 1.54) is 36.7 Å². The van der Waals surface area contributed by atoms with Gasteiger partial charge >= 0.3 is 0 Å². The molecule has 0 spiro atoms. The first-order chi connectivity index (χ1) is 15.2. The summed E-state index contributed by atoms with van der Waals surface area (Å²) in [5.74, 6) is 3.24. The Balaban J connectivity index is 0.000000222. The number of benzene rings is 1. The molecule has 1 aromatic heterocycles. The number of carbonyl (C=O) groups is 1. The standard InChI is InChI=1S/C16H27N3OS.C7H5ClFNO/c1-10-14(18-19(2)15(10)17)11-6-12-8-16(20,4-5-21-3)9-13(12)7-11;8-6-3-5(10-4-11)1-2-7(6)9/h11-13,20H,4-9,17H2,1-3H3;1-4H,(H,10,11). The molecule has 2 fully saturated rings. The lowest BCUT2D eigenvalue weighted by Crippen LogP contribution is -2.26. The number of fused-ring (bicyclic) bond motifs is 1. The third-order valence-electron chi connectivity index (χ3n) is 6.80. The third kappa shape index (κ3) is 5.58. The Morgan fingerprint density at radius 1 is 1.41 bits per heavy atom. The first kappa shape index (κ1) is 24.9. The highest BCUT2D eigenvalue weighted by Gasteiger charge is 2.49. The van der Waals surface area contributed by atoms with Gasteiger partial charge in [0.25, 0.3) is 0 Å². The zero-order chi connectivity index (χ0) is 23.5. The SMILES string of the molecule is CSCCC1(O)CC2CC(c3nn(C)c(N)c3C)CC2C1.O=CNc1ccc(F)c(Cl)c1. The van der Waals surface area contributed by atoms with Crippen LogP contribution in [0.1, 0.15) is 49.3 Å². The van der Waals surface area contributed by atoms with E-state index in [9.17, 15) is 14.3 Å². The zero-order valence-electron chi connectivity index (χ0n) is 18.8. The Morgan fingerprint density at radius 2 is 2.06 bits per heavy atom. The normalized spacial score (nSPS) is 26.4. The topological polar surface area (TPSA) is 93.2 Å². The minimum absolute atomic E-state index is 0.00292. The van der Waals surface area contributed by atoms with E-state index in [0.717, 1.165) is 36.4 Å². The summed E-state index contributed by atoms with van der Waals surface area (Å²) in [7, 11) is 1.92. The van der Waals surface area contributed by atoms with Crippen LogP contribution in [-0.2, 0) is 11.8 Å². The number of aryl methyl sites for hydroxylation is 1. The average Bonchev–Trinajstić information content (AvgIpc) is 3.35. The number of aliphatic hydroxyl groups is 1. The number of amides is 1. The summed E-state index contributed by atoms with van der Waals surface area (Å²) < 4.78 is 14.3. The number of nitrogens with two attached hydrogens (primary N) is 1. The maximum Gasteiger partial charge on any atom is 0.211 e. The predicted octanol–water partition coefficient (Wildman–Crippen LogP) is 4.75. The van der Waals surface area contributed by atoms with E-state index in [1.54, 1.807) is 4.68 Å². The van der Waals surface area contributed by atoms with E-state index < -0.39 is 11.4 Å². The number of hydrogen-bond donors (Lipinski definition) is 3. The van der Waals surface area contributed by atoms with Crippen LogP contribution in [0.15, 0.2) is 18.2 Å². The Morgan fingerprint density at radius 3 is 2.56 bits per heavy atom. The monoisotopic (exact) mass is 482 g/mol. The van der Waals surface area contributed by atoms with Gasteiger partial charge in [0, 0.05) is 24.2 Å². The highest BCUT2D eigenvalue weighted by molar-refractivity contribution is 7.98. The minimum atomic E-state index is -0.497. The molecule has 0 bridgehead atoms. The van der Waals surface area contributed by atoms with E-state index in [1.807, 2.05) is 18.8 Å². The molecule has 0 saturated heterocycles. The van der Waals surface area contributed by atoms with Gasteiger partial charge in [0.1, 0.15) is 11.6 Å². The average molecular weight is 483 g/mol. The molecule has 1 amide bonds. The molecule has 9 heteroatoms. The van der Waals surface area contributed by atoms with Crippen LogP contribution in [0.2, 0.25) is 5.02 Å². The Bertz CT molecular complexity index is 940. The summed E-state index contributed by atoms with van der Waals surface area (Å²) in [6, 6.07) is 3.95. The van der Waals surface area contributed by atoms with Gasteiger partial charge in [-0.25, -0.2) is 4.39 Å². The molecule has 0 radical (unpaired) electrons. The van der Waals surface area contributed by atoms with Crippen LogP contribution in [-0.4, -0.2) is 38.9 Å². The summed E-state index contributed by atoms with van der Waals surface area (Å²) >= 11 is 7.25. The Hall–Kier alpha value is -1.77. The number of halogens is 2. The van der Waals surface area contributed by atoms with E-state index in [-0.39, 0.29) is 5.02 Å². The molecule has 2 aliphatic carbocycles. The van der Waals surface area contributed by atoms with Crippen molar-refractivity contribution in [3.63, 3.8) is 0 Å². The van der Waals surface area contributed by atoms with E-state index in [4.69, 9.17) is 17.3 Å². The van der Waals surface area contributed by atoms with Gasteiger partial charge in [-0.05, 0) is 81.1 Å². The smallest absolute Gasteiger partial charge is 0.211 e. The van der Waals surface area contributed by atoms with Gasteiger partial charge in [0.15, 0.2) is 0 Å². The van der Waals surface area contributed by atoms with Gasteiger partial charge in [-0.3, -0.25) is 9.48 Å². The molecule has 4 rings (SSSR count). The van der Waals surface area contributed by atoms with Crippen molar-refractivity contribution in [3.05, 3.63) is 40.3 Å². The number of hydrogen-bond acceptors (Lipinski definition) is 5. The number of rotatable bonds is 6. The number of thioether (sulfide) groups is 1. The van der Waals surface area contributed by atoms with E-state index >= 15 is 0 Å². The lowest BCUT2D eigenvalue weighted by Gasteiger charge is -2.24. The molecule has 6 nitrogen and oxygen atoms in total. The fourth-order valence-corrected chi connectivity index (χ4v) is 5.96. The van der Waals surface area contributed by atoms with Gasteiger partial charge in [0.2, 0.25) is 6.41 Å². The van der Waals surface area contributed by atoms with Crippen molar-refractivity contribution in [2.24, 2.45) is 18.9 Å². The molecule has 2 unspecified atom stereocenters. The molecule has 0 aliphatic heterocycles. The lowest BCUT2D eigenvalue weighted by atomic mass is 9.90. The van der Waals surface area contributed by atoms with Gasteiger partial charge in [-0.1, -0.05) is 11.6 Å². The van der Waals surface area contributed by atoms with Crippen LogP contribution in [0.3, 0.4) is 0 Å². The third-order valence-corrected chi connectivity index (χ3v) is 7.71. The molecule has 2 atom stereocenters. The highest BCUT2D eigenvalue weighted by Crippen LogP contribution is 2.55. The largest absolute Gasteiger partial charge is 0.390 e. The quantitative estimate of drug-likeness (QED) is 0.517. The van der Waals surface area contributed by atoms with E-state index in [2.05, 4.69) is 23.6 Å². The molecular formula is C23H32ClFN4O2S. The second-order valence-corrected chi connectivity index (χ2v) is 10.4. The number of nitrogen functional groups attached to an aromatic ring is 1.